The minimum absolute atomic E-state index is 0.740. The van der Waals surface area contributed by atoms with Crippen LogP contribution in [0.25, 0.3) is 10.2 Å². The summed E-state index contributed by atoms with van der Waals surface area (Å²) >= 11 is 1.63. The minimum atomic E-state index is 0.740. The largest absolute Gasteiger partial charge is 0.365 e. The van der Waals surface area contributed by atoms with Crippen LogP contribution < -0.4 is 5.32 Å². The number of benzene rings is 1. The second kappa shape index (κ2) is 6.18. The van der Waals surface area contributed by atoms with Gasteiger partial charge in [0.2, 0.25) is 0 Å². The molecule has 0 saturated heterocycles. The molecule has 4 rings (SSSR count). The molecule has 0 aliphatic rings. The summed E-state index contributed by atoms with van der Waals surface area (Å²) in [5, 5.41) is 10.7. The molecule has 0 bridgehead atoms. The molecule has 23 heavy (non-hydrogen) atoms. The van der Waals surface area contributed by atoms with Crippen molar-refractivity contribution in [2.75, 3.05) is 5.32 Å². The van der Waals surface area contributed by atoms with Crippen LogP contribution in [0.15, 0.2) is 60.5 Å². The highest BCUT2D eigenvalue weighted by molar-refractivity contribution is 7.16. The molecule has 0 aliphatic carbocycles. The number of nitrogens with one attached hydrogen (secondary N) is 1. The minimum Gasteiger partial charge on any atom is -0.365 e. The Kier molecular flexibility index (Phi) is 3.73. The zero-order valence-electron chi connectivity index (χ0n) is 12.4. The van der Waals surface area contributed by atoms with Gasteiger partial charge in [0.25, 0.3) is 0 Å². The Bertz CT molecular complexity index is 896. The maximum atomic E-state index is 4.33. The van der Waals surface area contributed by atoms with Gasteiger partial charge in [-0.3, -0.25) is 4.68 Å². The number of hydrogen-bond donors (Lipinski definition) is 1. The van der Waals surface area contributed by atoms with Crippen molar-refractivity contribution in [3.05, 3.63) is 71.6 Å². The molecule has 3 heterocycles. The fraction of sp³-hybridized carbons (Fsp3) is 0.118. The molecule has 0 spiro atoms. The van der Waals surface area contributed by atoms with E-state index < -0.39 is 0 Å². The maximum Gasteiger partial charge on any atom is 0.138 e. The molecule has 0 aliphatic heterocycles. The summed E-state index contributed by atoms with van der Waals surface area (Å²) in [6.45, 7) is 1.53. The summed E-state index contributed by atoms with van der Waals surface area (Å²) in [5.74, 6) is 0.886. The molecule has 4 aromatic rings. The summed E-state index contributed by atoms with van der Waals surface area (Å²) in [5.41, 5.74) is 2.45. The predicted octanol–water partition coefficient (Wildman–Crippen LogP) is 3.55. The quantitative estimate of drug-likeness (QED) is 0.611. The van der Waals surface area contributed by atoms with Gasteiger partial charge >= 0.3 is 0 Å². The van der Waals surface area contributed by atoms with E-state index in [9.17, 15) is 0 Å². The number of fused-ring (bicyclic) bond motifs is 1. The van der Waals surface area contributed by atoms with Crippen LogP contribution in [0.5, 0.6) is 0 Å². The zero-order chi connectivity index (χ0) is 15.5. The number of hydrogen-bond acceptors (Lipinski definition) is 5. The van der Waals surface area contributed by atoms with E-state index in [1.165, 1.54) is 11.1 Å². The van der Waals surface area contributed by atoms with Crippen molar-refractivity contribution in [1.82, 2.24) is 19.7 Å². The molecule has 3 aromatic heterocycles. The van der Waals surface area contributed by atoms with E-state index in [0.717, 1.165) is 29.1 Å². The summed E-state index contributed by atoms with van der Waals surface area (Å²) in [4.78, 5) is 9.61. The normalized spacial score (nSPS) is 11.0. The zero-order valence-corrected chi connectivity index (χ0v) is 13.2. The van der Waals surface area contributed by atoms with Crippen molar-refractivity contribution < 1.29 is 0 Å². The first-order valence-electron chi connectivity index (χ1n) is 7.36. The van der Waals surface area contributed by atoms with Gasteiger partial charge in [-0.2, -0.15) is 5.10 Å². The number of anilines is 1. The Morgan fingerprint density at radius 3 is 2.74 bits per heavy atom. The van der Waals surface area contributed by atoms with E-state index in [1.54, 1.807) is 23.9 Å². The van der Waals surface area contributed by atoms with Crippen molar-refractivity contribution in [3.63, 3.8) is 0 Å². The first kappa shape index (κ1) is 13.9. The van der Waals surface area contributed by atoms with E-state index >= 15 is 0 Å². The Morgan fingerprint density at radius 1 is 1.04 bits per heavy atom. The molecule has 0 radical (unpaired) electrons. The molecular weight excluding hydrogens is 306 g/mol. The second-order valence-corrected chi connectivity index (χ2v) is 6.13. The molecule has 1 N–H and O–H groups in total. The van der Waals surface area contributed by atoms with Crippen molar-refractivity contribution in [2.24, 2.45) is 0 Å². The van der Waals surface area contributed by atoms with Crippen LogP contribution in [0.3, 0.4) is 0 Å². The average molecular weight is 321 g/mol. The number of nitrogens with zero attached hydrogens (tertiary/aromatic N) is 4. The van der Waals surface area contributed by atoms with Gasteiger partial charge in [0.05, 0.1) is 11.9 Å². The standard InChI is InChI=1S/C17H15N5S/c1-7-21-22(8-1)11-14-4-2-13(3-5-14)10-18-16-15-6-9-23-17(15)20-12-19-16/h1-9,12H,10-11H2,(H,18,19,20). The topological polar surface area (TPSA) is 55.6 Å². The number of rotatable bonds is 5. The van der Waals surface area contributed by atoms with Crippen LogP contribution >= 0.6 is 11.3 Å². The number of thiophene rings is 1. The SMILES string of the molecule is c1cnn(Cc2ccc(CNc3ncnc4sccc34)cc2)c1. The molecule has 6 heteroatoms. The van der Waals surface area contributed by atoms with E-state index in [0.29, 0.717) is 0 Å². The lowest BCUT2D eigenvalue weighted by molar-refractivity contribution is 0.686. The molecule has 0 fully saturated rings. The second-order valence-electron chi connectivity index (χ2n) is 5.24. The predicted molar refractivity (Wildman–Crippen MR) is 92.5 cm³/mol. The van der Waals surface area contributed by atoms with Gasteiger partial charge in [-0.15, -0.1) is 11.3 Å². The molecule has 0 atom stereocenters. The van der Waals surface area contributed by atoms with Gasteiger partial charge in [0, 0.05) is 18.9 Å². The molecule has 1 aromatic carbocycles. The Morgan fingerprint density at radius 2 is 1.91 bits per heavy atom. The summed E-state index contributed by atoms with van der Waals surface area (Å²) < 4.78 is 1.92. The highest BCUT2D eigenvalue weighted by Gasteiger charge is 2.04. The fourth-order valence-electron chi connectivity index (χ4n) is 2.46. The monoisotopic (exact) mass is 321 g/mol. The van der Waals surface area contributed by atoms with Crippen LogP contribution in [0.4, 0.5) is 5.82 Å². The van der Waals surface area contributed by atoms with Crippen LogP contribution in [0, 0.1) is 0 Å². The lowest BCUT2D eigenvalue weighted by Gasteiger charge is -2.08. The fourth-order valence-corrected chi connectivity index (χ4v) is 3.19. The number of aromatic nitrogens is 4. The maximum absolute atomic E-state index is 4.33. The van der Waals surface area contributed by atoms with Gasteiger partial charge in [0.1, 0.15) is 17.0 Å². The lowest BCUT2D eigenvalue weighted by atomic mass is 10.1. The van der Waals surface area contributed by atoms with E-state index in [-0.39, 0.29) is 0 Å². The van der Waals surface area contributed by atoms with Crippen LogP contribution in [-0.4, -0.2) is 19.7 Å². The first-order chi connectivity index (χ1) is 11.4. The molecule has 0 unspecified atom stereocenters. The van der Waals surface area contributed by atoms with Gasteiger partial charge in [-0.1, -0.05) is 24.3 Å². The van der Waals surface area contributed by atoms with E-state index in [4.69, 9.17) is 0 Å². The Labute approximate surface area is 137 Å². The smallest absolute Gasteiger partial charge is 0.138 e. The Hall–Kier alpha value is -2.73. The first-order valence-corrected chi connectivity index (χ1v) is 8.24. The molecule has 5 nitrogen and oxygen atoms in total. The van der Waals surface area contributed by atoms with Crippen LogP contribution in [0.1, 0.15) is 11.1 Å². The van der Waals surface area contributed by atoms with Crippen molar-refractivity contribution >= 4 is 27.4 Å². The van der Waals surface area contributed by atoms with E-state index in [1.807, 2.05) is 22.3 Å². The third-order valence-corrected chi connectivity index (χ3v) is 4.47. The summed E-state index contributed by atoms with van der Waals surface area (Å²) in [6.07, 6.45) is 5.37. The molecule has 114 valence electrons. The van der Waals surface area contributed by atoms with Crippen molar-refractivity contribution in [1.29, 1.82) is 0 Å². The van der Waals surface area contributed by atoms with Crippen molar-refractivity contribution in [2.45, 2.75) is 13.1 Å². The summed E-state index contributed by atoms with van der Waals surface area (Å²) in [7, 11) is 0. The Balaban J connectivity index is 1.44. The van der Waals surface area contributed by atoms with Crippen molar-refractivity contribution in [3.8, 4) is 0 Å². The average Bonchev–Trinajstić information content (AvgIpc) is 3.25. The van der Waals surface area contributed by atoms with Crippen LogP contribution in [0.2, 0.25) is 0 Å². The van der Waals surface area contributed by atoms with Gasteiger partial charge < -0.3 is 5.32 Å². The van der Waals surface area contributed by atoms with E-state index in [2.05, 4.69) is 50.7 Å². The third kappa shape index (κ3) is 3.07. The van der Waals surface area contributed by atoms with Crippen LogP contribution in [-0.2, 0) is 13.1 Å². The van der Waals surface area contributed by atoms with Gasteiger partial charge in [0.15, 0.2) is 0 Å². The summed E-state index contributed by atoms with van der Waals surface area (Å²) in [6, 6.07) is 12.5. The highest BCUT2D eigenvalue weighted by atomic mass is 32.1. The van der Waals surface area contributed by atoms with Gasteiger partial charge in [-0.25, -0.2) is 9.97 Å². The van der Waals surface area contributed by atoms with Gasteiger partial charge in [-0.05, 0) is 28.6 Å². The molecule has 0 saturated carbocycles. The third-order valence-electron chi connectivity index (χ3n) is 3.65. The molecule has 0 amide bonds. The highest BCUT2D eigenvalue weighted by Crippen LogP contribution is 2.24. The lowest BCUT2D eigenvalue weighted by Crippen LogP contribution is -2.03. The molecular formula is C17H15N5S.